The van der Waals surface area contributed by atoms with Crippen LogP contribution in [-0.4, -0.2) is 95.9 Å². The van der Waals surface area contributed by atoms with E-state index in [4.69, 9.17) is 11.3 Å². The number of methoxy groups -OCH3 is 1. The molecule has 1 atom stereocenters. The quantitative estimate of drug-likeness (QED) is 0.0836. The number of aromatic amines is 2. The molecule has 0 saturated carbocycles. The van der Waals surface area contributed by atoms with Crippen LogP contribution >= 0.6 is 0 Å². The molecule has 1 aliphatic heterocycles. The first kappa shape index (κ1) is 37.1. The summed E-state index contributed by atoms with van der Waals surface area (Å²) in [6, 6.07) is 18.0. The van der Waals surface area contributed by atoms with Gasteiger partial charge in [0, 0.05) is 57.2 Å². The Morgan fingerprint density at radius 1 is 0.964 bits per heavy atom. The Hall–Kier alpha value is -7.26. The first-order chi connectivity index (χ1) is 27.2. The van der Waals surface area contributed by atoms with Crippen molar-refractivity contribution in [3.05, 3.63) is 129 Å². The third kappa shape index (κ3) is 9.09. The molecule has 1 amide bonds. The molecule has 56 heavy (non-hydrogen) atoms. The number of fused-ring (bicyclic) bond motifs is 1. The Kier molecular flexibility index (Phi) is 11.1. The average Bonchev–Trinajstić information content (AvgIpc) is 3.62. The molecule has 284 valence electrons. The van der Waals surface area contributed by atoms with Crippen LogP contribution in [0.25, 0.3) is 15.9 Å². The van der Waals surface area contributed by atoms with Gasteiger partial charge in [0.1, 0.15) is 17.7 Å². The first-order valence-corrected chi connectivity index (χ1v) is 17.6. The molecule has 6 aromatic rings. The summed E-state index contributed by atoms with van der Waals surface area (Å²) in [4.78, 5) is 72.9. The molecular formula is C38H36FN13O4. The second kappa shape index (κ2) is 16.8. The number of hydrogen-bond donors (Lipinski definition) is 5. The smallest absolute Gasteiger partial charge is 0.328 e. The number of rotatable bonds is 13. The van der Waals surface area contributed by atoms with E-state index in [2.05, 4.69) is 60.6 Å². The fraction of sp³-hybridized carbons (Fsp3) is 0.237. The number of anilines is 4. The largest absolute Gasteiger partial charge is 0.467 e. The zero-order valence-electron chi connectivity index (χ0n) is 30.1. The third-order valence-corrected chi connectivity index (χ3v) is 9.00. The number of H-pyrrole nitrogens is 2. The highest BCUT2D eigenvalue weighted by atomic mass is 19.1. The molecule has 4 heterocycles. The van der Waals surface area contributed by atoms with Crippen LogP contribution in [-0.2, 0) is 29.0 Å². The topological polar surface area (TPSA) is 203 Å². The van der Waals surface area contributed by atoms with Crippen molar-refractivity contribution in [3.8, 4) is 0 Å². The summed E-state index contributed by atoms with van der Waals surface area (Å²) in [5, 5.41) is 9.48. The minimum atomic E-state index is -0.879. The van der Waals surface area contributed by atoms with Crippen molar-refractivity contribution in [1.29, 1.82) is 0 Å². The molecule has 0 bridgehead atoms. The van der Waals surface area contributed by atoms with E-state index < -0.39 is 17.6 Å². The summed E-state index contributed by atoms with van der Waals surface area (Å²) < 4.78 is 18.9. The first-order valence-electron chi connectivity index (χ1n) is 17.6. The Morgan fingerprint density at radius 3 is 2.52 bits per heavy atom. The van der Waals surface area contributed by atoms with Gasteiger partial charge >= 0.3 is 5.97 Å². The lowest BCUT2D eigenvalue weighted by atomic mass is 10.1. The number of aromatic nitrogens is 7. The zero-order valence-corrected chi connectivity index (χ0v) is 30.1. The van der Waals surface area contributed by atoms with Gasteiger partial charge in [0.15, 0.2) is 11.4 Å². The summed E-state index contributed by atoms with van der Waals surface area (Å²) >= 11 is 0. The highest BCUT2D eigenvalue weighted by molar-refractivity contribution is 5.92. The van der Waals surface area contributed by atoms with Crippen LogP contribution < -0.4 is 21.5 Å². The Bertz CT molecular complexity index is 2460. The van der Waals surface area contributed by atoms with Gasteiger partial charge < -0.3 is 35.6 Å². The van der Waals surface area contributed by atoms with E-state index in [-0.39, 0.29) is 48.2 Å². The third-order valence-electron chi connectivity index (χ3n) is 9.00. The number of amides is 1. The molecular weight excluding hydrogens is 722 g/mol. The maximum absolute atomic E-state index is 13.8. The van der Waals surface area contributed by atoms with E-state index in [1.165, 1.54) is 31.6 Å². The number of hydrogen-bond acceptors (Lipinski definition) is 13. The number of nitrogens with one attached hydrogen (secondary N) is 5. The summed E-state index contributed by atoms with van der Waals surface area (Å²) in [5.41, 5.74) is 3.48. The Labute approximate surface area is 319 Å². The zero-order chi connectivity index (χ0) is 39.0. The lowest BCUT2D eigenvalue weighted by molar-refractivity contribution is -0.141. The van der Waals surface area contributed by atoms with Crippen LogP contribution in [0.2, 0.25) is 0 Å². The van der Waals surface area contributed by atoms with Crippen LogP contribution in [0.3, 0.4) is 0 Å². The summed E-state index contributed by atoms with van der Waals surface area (Å²) in [5.74, 6) is -0.366. The normalized spacial score (nSPS) is 13.5. The van der Waals surface area contributed by atoms with Gasteiger partial charge in [0.2, 0.25) is 17.8 Å². The van der Waals surface area contributed by atoms with Crippen LogP contribution in [0.4, 0.5) is 33.6 Å². The minimum absolute atomic E-state index is 0.0844. The number of ether oxygens (including phenoxy) is 1. The summed E-state index contributed by atoms with van der Waals surface area (Å²) in [6.07, 6.45) is 3.01. The molecule has 0 spiro atoms. The lowest BCUT2D eigenvalue weighted by Gasteiger charge is -2.34. The van der Waals surface area contributed by atoms with Crippen molar-refractivity contribution in [3.63, 3.8) is 0 Å². The highest BCUT2D eigenvalue weighted by Gasteiger charge is 2.25. The molecule has 1 aliphatic rings. The molecule has 5 N–H and O–H groups in total. The van der Waals surface area contributed by atoms with E-state index in [0.29, 0.717) is 61.0 Å². The van der Waals surface area contributed by atoms with Crippen LogP contribution in [0.15, 0.2) is 83.9 Å². The minimum Gasteiger partial charge on any atom is -0.467 e. The molecule has 0 unspecified atom stereocenters. The molecule has 0 radical (unpaired) electrons. The molecule has 0 aliphatic carbocycles. The number of piperazine rings is 1. The fourth-order valence-corrected chi connectivity index (χ4v) is 6.19. The van der Waals surface area contributed by atoms with Gasteiger partial charge in [-0.05, 0) is 41.5 Å². The molecule has 18 heteroatoms. The van der Waals surface area contributed by atoms with Gasteiger partial charge in [-0.2, -0.15) is 15.0 Å². The monoisotopic (exact) mass is 757 g/mol. The number of imidazole rings is 1. The number of carbonyl (C=O) groups is 2. The second-order valence-corrected chi connectivity index (χ2v) is 12.9. The molecule has 1 fully saturated rings. The number of halogens is 1. The Morgan fingerprint density at radius 2 is 1.75 bits per heavy atom. The molecule has 3 aromatic carbocycles. The van der Waals surface area contributed by atoms with Crippen molar-refractivity contribution in [2.24, 2.45) is 0 Å². The molecule has 7 rings (SSSR count). The van der Waals surface area contributed by atoms with E-state index in [1.807, 2.05) is 24.3 Å². The molecule has 3 aromatic heterocycles. The summed E-state index contributed by atoms with van der Waals surface area (Å²) in [7, 11) is 1.29. The molecule has 1 saturated heterocycles. The predicted octanol–water partition coefficient (Wildman–Crippen LogP) is 4.03. The van der Waals surface area contributed by atoms with Crippen molar-refractivity contribution < 1.29 is 18.7 Å². The number of esters is 1. The van der Waals surface area contributed by atoms with Gasteiger partial charge in [-0.15, -0.1) is 0 Å². The fourth-order valence-electron chi connectivity index (χ4n) is 6.19. The number of carbonyl (C=O) groups excluding carboxylic acids is 2. The van der Waals surface area contributed by atoms with Gasteiger partial charge in [0.25, 0.3) is 11.5 Å². The van der Waals surface area contributed by atoms with E-state index in [1.54, 1.807) is 35.2 Å². The average molecular weight is 758 g/mol. The summed E-state index contributed by atoms with van der Waals surface area (Å²) in [6.45, 7) is 10.1. The lowest BCUT2D eigenvalue weighted by Crippen LogP contribution is -2.49. The van der Waals surface area contributed by atoms with Crippen LogP contribution in [0.5, 0.6) is 0 Å². The maximum atomic E-state index is 13.8. The predicted molar refractivity (Wildman–Crippen MR) is 205 cm³/mol. The SMILES string of the molecule is [C-]#[N+]c1ccc(C[C@H](Nc2nc(NCc3nc4ccc(F)cc4[nH]3)nc(Nc3cccc(CN4CCN(C(=O)c5ncc[nH]c5=O)CC4)c3)n2)C(=O)OC)cc1. The van der Waals surface area contributed by atoms with Crippen molar-refractivity contribution in [2.45, 2.75) is 25.6 Å². The van der Waals surface area contributed by atoms with Crippen LogP contribution in [0, 0.1) is 12.4 Å². The Balaban J connectivity index is 1.07. The number of benzene rings is 3. The number of nitrogens with zero attached hydrogens (tertiary/aromatic N) is 8. The van der Waals surface area contributed by atoms with Gasteiger partial charge in [-0.1, -0.05) is 36.4 Å². The standard InChI is InChI=1S/C38H36FN13O4/c1-40-26-9-6-23(7-10-26)19-30(35(55)56-2)47-38-49-36(43-21-31-45-28-11-8-25(39)20-29(28)46-31)48-37(50-38)44-27-5-3-4-24(18-27)22-51-14-16-52(17-15-51)34(54)32-33(53)42-13-12-41-32/h3-13,18,20,30H,14-17,19,21-22H2,2H3,(H,42,53)(H,45,46)(H3,43,44,47,48,49,50)/t30-/m0/s1. The maximum Gasteiger partial charge on any atom is 0.328 e. The van der Waals surface area contributed by atoms with E-state index >= 15 is 0 Å². The second-order valence-electron chi connectivity index (χ2n) is 12.9. The van der Waals surface area contributed by atoms with Crippen LogP contribution in [0.1, 0.15) is 27.4 Å². The van der Waals surface area contributed by atoms with Crippen molar-refractivity contribution in [1.82, 2.24) is 44.7 Å². The van der Waals surface area contributed by atoms with E-state index in [0.717, 1.165) is 11.1 Å². The highest BCUT2D eigenvalue weighted by Crippen LogP contribution is 2.21. The van der Waals surface area contributed by atoms with Gasteiger partial charge in [0.05, 0.1) is 31.3 Å². The van der Waals surface area contributed by atoms with Gasteiger partial charge in [-0.3, -0.25) is 14.5 Å². The van der Waals surface area contributed by atoms with Crippen molar-refractivity contribution >= 4 is 52.1 Å². The van der Waals surface area contributed by atoms with Crippen molar-refractivity contribution in [2.75, 3.05) is 49.2 Å². The molecule has 17 nitrogen and oxygen atoms in total. The van der Waals surface area contributed by atoms with Gasteiger partial charge in [-0.25, -0.2) is 24.0 Å². The van der Waals surface area contributed by atoms with E-state index in [9.17, 15) is 18.8 Å².